The van der Waals surface area contributed by atoms with Crippen LogP contribution in [0.4, 0.5) is 5.82 Å². The van der Waals surface area contributed by atoms with E-state index in [2.05, 4.69) is 32.6 Å². The Hall–Kier alpha value is -1.49. The van der Waals surface area contributed by atoms with E-state index in [1.54, 1.807) is 11.3 Å². The zero-order valence-corrected chi connectivity index (χ0v) is 13.8. The summed E-state index contributed by atoms with van der Waals surface area (Å²) in [6.07, 6.45) is 5.66. The summed E-state index contributed by atoms with van der Waals surface area (Å²) in [5.41, 5.74) is 3.65. The van der Waals surface area contributed by atoms with Gasteiger partial charge in [-0.1, -0.05) is 6.92 Å². The van der Waals surface area contributed by atoms with Crippen molar-refractivity contribution in [1.29, 1.82) is 0 Å². The standard InChI is InChI=1S/C16H22N4S/c1-4-13(16-17-10(2)9-21-16)20-15-12-7-5-6-8-14(12)18-11(3)19-15/h9,13H,4-8H2,1-3H3,(H,18,19,20). The second kappa shape index (κ2) is 6.10. The number of nitrogens with zero attached hydrogens (tertiary/aromatic N) is 3. The van der Waals surface area contributed by atoms with E-state index in [4.69, 9.17) is 0 Å². The van der Waals surface area contributed by atoms with E-state index in [9.17, 15) is 0 Å². The predicted molar refractivity (Wildman–Crippen MR) is 86.9 cm³/mol. The lowest BCUT2D eigenvalue weighted by Gasteiger charge is -2.22. The van der Waals surface area contributed by atoms with Crippen molar-refractivity contribution in [2.45, 2.75) is 58.9 Å². The minimum absolute atomic E-state index is 0.240. The largest absolute Gasteiger partial charge is 0.360 e. The lowest BCUT2D eigenvalue weighted by atomic mass is 9.96. The molecule has 2 aromatic rings. The third-order valence-electron chi connectivity index (χ3n) is 3.95. The Bertz CT molecular complexity index is 635. The molecule has 1 unspecified atom stereocenters. The molecule has 0 radical (unpaired) electrons. The van der Waals surface area contributed by atoms with E-state index in [0.29, 0.717) is 0 Å². The van der Waals surface area contributed by atoms with Crippen LogP contribution in [-0.4, -0.2) is 15.0 Å². The van der Waals surface area contributed by atoms with E-state index in [1.165, 1.54) is 24.1 Å². The molecule has 112 valence electrons. The van der Waals surface area contributed by atoms with Gasteiger partial charge in [-0.3, -0.25) is 0 Å². The summed E-state index contributed by atoms with van der Waals surface area (Å²) in [5.74, 6) is 1.89. The van der Waals surface area contributed by atoms with Gasteiger partial charge in [0.25, 0.3) is 0 Å². The highest BCUT2D eigenvalue weighted by Gasteiger charge is 2.20. The molecule has 1 aliphatic rings. The Balaban J connectivity index is 1.91. The third kappa shape index (κ3) is 3.07. The molecule has 21 heavy (non-hydrogen) atoms. The van der Waals surface area contributed by atoms with Gasteiger partial charge in [0.2, 0.25) is 0 Å². The highest BCUT2D eigenvalue weighted by Crippen LogP contribution is 2.30. The minimum atomic E-state index is 0.240. The fourth-order valence-corrected chi connectivity index (χ4v) is 3.80. The fourth-order valence-electron chi connectivity index (χ4n) is 2.87. The number of nitrogens with one attached hydrogen (secondary N) is 1. The molecule has 1 atom stereocenters. The van der Waals surface area contributed by atoms with Crippen LogP contribution in [0.5, 0.6) is 0 Å². The topological polar surface area (TPSA) is 50.7 Å². The molecule has 0 amide bonds. The second-order valence-electron chi connectivity index (χ2n) is 5.68. The maximum absolute atomic E-state index is 4.66. The van der Waals surface area contributed by atoms with Crippen LogP contribution in [0.3, 0.4) is 0 Å². The van der Waals surface area contributed by atoms with Crippen molar-refractivity contribution >= 4 is 17.2 Å². The van der Waals surface area contributed by atoms with Gasteiger partial charge in [0.1, 0.15) is 16.6 Å². The maximum atomic E-state index is 4.66. The van der Waals surface area contributed by atoms with Crippen molar-refractivity contribution in [2.75, 3.05) is 5.32 Å². The Labute approximate surface area is 130 Å². The smallest absolute Gasteiger partial charge is 0.133 e. The van der Waals surface area contributed by atoms with E-state index < -0.39 is 0 Å². The molecule has 0 bridgehead atoms. The molecule has 2 heterocycles. The van der Waals surface area contributed by atoms with Crippen molar-refractivity contribution < 1.29 is 0 Å². The van der Waals surface area contributed by atoms with Gasteiger partial charge >= 0.3 is 0 Å². The predicted octanol–water partition coefficient (Wildman–Crippen LogP) is 3.99. The zero-order chi connectivity index (χ0) is 14.8. The van der Waals surface area contributed by atoms with Gasteiger partial charge in [0, 0.05) is 22.3 Å². The number of aryl methyl sites for hydroxylation is 3. The first-order chi connectivity index (χ1) is 10.2. The number of aromatic nitrogens is 3. The van der Waals surface area contributed by atoms with Crippen molar-refractivity contribution in [2.24, 2.45) is 0 Å². The van der Waals surface area contributed by atoms with Crippen molar-refractivity contribution in [3.63, 3.8) is 0 Å². The molecule has 3 rings (SSSR count). The lowest BCUT2D eigenvalue weighted by Crippen LogP contribution is -2.17. The van der Waals surface area contributed by atoms with E-state index in [0.717, 1.165) is 41.6 Å². The van der Waals surface area contributed by atoms with Crippen LogP contribution in [0.15, 0.2) is 5.38 Å². The molecule has 0 aromatic carbocycles. The highest BCUT2D eigenvalue weighted by atomic mass is 32.1. The van der Waals surface area contributed by atoms with Crippen molar-refractivity contribution in [3.8, 4) is 0 Å². The van der Waals surface area contributed by atoms with Gasteiger partial charge in [-0.05, 0) is 46.0 Å². The van der Waals surface area contributed by atoms with Gasteiger partial charge in [0.15, 0.2) is 0 Å². The molecular weight excluding hydrogens is 280 g/mol. The van der Waals surface area contributed by atoms with Crippen LogP contribution in [0, 0.1) is 13.8 Å². The third-order valence-corrected chi connectivity index (χ3v) is 5.03. The summed E-state index contributed by atoms with van der Waals surface area (Å²) in [6.45, 7) is 6.22. The average Bonchev–Trinajstić information content (AvgIpc) is 2.90. The van der Waals surface area contributed by atoms with Crippen LogP contribution >= 0.6 is 11.3 Å². The molecule has 0 saturated carbocycles. The second-order valence-corrected chi connectivity index (χ2v) is 6.57. The van der Waals surface area contributed by atoms with E-state index >= 15 is 0 Å². The Morgan fingerprint density at radius 2 is 2.00 bits per heavy atom. The lowest BCUT2D eigenvalue weighted by molar-refractivity contribution is 0.653. The Morgan fingerprint density at radius 1 is 1.19 bits per heavy atom. The van der Waals surface area contributed by atoms with Crippen LogP contribution in [-0.2, 0) is 12.8 Å². The fraction of sp³-hybridized carbons (Fsp3) is 0.562. The van der Waals surface area contributed by atoms with E-state index in [1.807, 2.05) is 13.8 Å². The molecule has 4 nitrogen and oxygen atoms in total. The van der Waals surface area contributed by atoms with Gasteiger partial charge < -0.3 is 5.32 Å². The number of anilines is 1. The first-order valence-electron chi connectivity index (χ1n) is 7.72. The molecule has 1 N–H and O–H groups in total. The molecule has 1 aliphatic carbocycles. The summed E-state index contributed by atoms with van der Waals surface area (Å²) in [7, 11) is 0. The van der Waals surface area contributed by atoms with Crippen LogP contribution < -0.4 is 5.32 Å². The van der Waals surface area contributed by atoms with Crippen LogP contribution in [0.2, 0.25) is 0 Å². The van der Waals surface area contributed by atoms with Gasteiger partial charge in [-0.15, -0.1) is 11.3 Å². The summed E-state index contributed by atoms with van der Waals surface area (Å²) in [4.78, 5) is 13.9. The van der Waals surface area contributed by atoms with Crippen molar-refractivity contribution in [3.05, 3.63) is 33.2 Å². The van der Waals surface area contributed by atoms with Crippen LogP contribution in [0.25, 0.3) is 0 Å². The zero-order valence-electron chi connectivity index (χ0n) is 12.9. The first kappa shape index (κ1) is 14.4. The molecule has 0 aliphatic heterocycles. The molecule has 2 aromatic heterocycles. The summed E-state index contributed by atoms with van der Waals surface area (Å²) in [5, 5.41) is 6.88. The quantitative estimate of drug-likeness (QED) is 0.927. The Morgan fingerprint density at radius 3 is 2.71 bits per heavy atom. The average molecular weight is 302 g/mol. The van der Waals surface area contributed by atoms with Crippen LogP contribution in [0.1, 0.15) is 60.0 Å². The number of hydrogen-bond donors (Lipinski definition) is 1. The molecule has 0 saturated heterocycles. The monoisotopic (exact) mass is 302 g/mol. The first-order valence-corrected chi connectivity index (χ1v) is 8.60. The Kier molecular flexibility index (Phi) is 4.19. The molecule has 0 spiro atoms. The number of hydrogen-bond acceptors (Lipinski definition) is 5. The number of fused-ring (bicyclic) bond motifs is 1. The number of thiazole rings is 1. The molecule has 0 fully saturated rings. The summed E-state index contributed by atoms with van der Waals surface area (Å²) >= 11 is 1.73. The van der Waals surface area contributed by atoms with Crippen molar-refractivity contribution in [1.82, 2.24) is 15.0 Å². The van der Waals surface area contributed by atoms with Gasteiger partial charge in [-0.2, -0.15) is 0 Å². The SMILES string of the molecule is CCC(Nc1nc(C)nc2c1CCCC2)c1nc(C)cs1. The highest BCUT2D eigenvalue weighted by molar-refractivity contribution is 7.09. The summed E-state index contributed by atoms with van der Waals surface area (Å²) < 4.78 is 0. The minimum Gasteiger partial charge on any atom is -0.360 e. The van der Waals surface area contributed by atoms with Gasteiger partial charge in [0.05, 0.1) is 6.04 Å². The van der Waals surface area contributed by atoms with E-state index in [-0.39, 0.29) is 6.04 Å². The molecule has 5 heteroatoms. The maximum Gasteiger partial charge on any atom is 0.133 e. The summed E-state index contributed by atoms with van der Waals surface area (Å²) in [6, 6.07) is 0.240. The normalized spacial score (nSPS) is 15.6. The number of rotatable bonds is 4. The molecular formula is C16H22N4S. The van der Waals surface area contributed by atoms with Gasteiger partial charge in [-0.25, -0.2) is 15.0 Å².